The van der Waals surface area contributed by atoms with Gasteiger partial charge in [-0.1, -0.05) is 12.6 Å². The Hall–Kier alpha value is -1.79. The van der Waals surface area contributed by atoms with E-state index in [2.05, 4.69) is 47.2 Å². The lowest BCUT2D eigenvalue weighted by Gasteiger charge is -2.18. The molecule has 2 aromatic rings. The number of nitrogens with zero attached hydrogens (tertiary/aromatic N) is 1. The first-order chi connectivity index (χ1) is 12.4. The third-order valence-electron chi connectivity index (χ3n) is 5.41. The van der Waals surface area contributed by atoms with Crippen molar-refractivity contribution in [3.8, 4) is 0 Å². The fourth-order valence-corrected chi connectivity index (χ4v) is 5.09. The first-order valence-electron chi connectivity index (χ1n) is 9.23. The van der Waals surface area contributed by atoms with Gasteiger partial charge in [0.05, 0.1) is 11.5 Å². The Morgan fingerprint density at radius 2 is 2.23 bits per heavy atom. The summed E-state index contributed by atoms with van der Waals surface area (Å²) in [7, 11) is 0.748. The molecule has 1 aromatic heterocycles. The molecule has 6 heteroatoms. The molecule has 5 nitrogen and oxygen atoms in total. The van der Waals surface area contributed by atoms with Crippen LogP contribution in [0.1, 0.15) is 24.0 Å². The summed E-state index contributed by atoms with van der Waals surface area (Å²) in [5, 5.41) is 4.03. The van der Waals surface area contributed by atoms with Gasteiger partial charge in [-0.15, -0.1) is 0 Å². The van der Waals surface area contributed by atoms with Crippen molar-refractivity contribution < 1.29 is 8.42 Å². The second kappa shape index (κ2) is 7.84. The number of H-pyrrole nitrogens is 1. The van der Waals surface area contributed by atoms with E-state index in [4.69, 9.17) is 0 Å². The lowest BCUT2D eigenvalue weighted by molar-refractivity contribution is 0.310. The van der Waals surface area contributed by atoms with Gasteiger partial charge in [0.2, 0.25) is 0 Å². The molecule has 26 heavy (non-hydrogen) atoms. The minimum atomic E-state index is -3.14. The second-order valence-corrected chi connectivity index (χ2v) is 9.55. The molecule has 1 saturated heterocycles. The Kier molecular flexibility index (Phi) is 5.73. The average molecular weight is 376 g/mol. The van der Waals surface area contributed by atoms with Gasteiger partial charge in [-0.2, -0.15) is 0 Å². The van der Waals surface area contributed by atoms with E-state index in [1.165, 1.54) is 30.3 Å². The van der Waals surface area contributed by atoms with E-state index in [0.29, 0.717) is 18.2 Å². The topological polar surface area (TPSA) is 65.2 Å². The van der Waals surface area contributed by atoms with Crippen molar-refractivity contribution in [2.24, 2.45) is 0 Å². The number of fused-ring (bicyclic) bond motifs is 1. The molecule has 0 bridgehead atoms. The van der Waals surface area contributed by atoms with Crippen LogP contribution in [0.2, 0.25) is 0 Å². The van der Waals surface area contributed by atoms with Crippen LogP contribution in [0.25, 0.3) is 10.9 Å². The molecule has 1 aliphatic rings. The van der Waals surface area contributed by atoms with Gasteiger partial charge in [0, 0.05) is 35.9 Å². The fourth-order valence-electron chi connectivity index (χ4n) is 3.72. The van der Waals surface area contributed by atoms with E-state index < -0.39 is 9.84 Å². The Bertz CT molecular complexity index is 886. The zero-order valence-corrected chi connectivity index (χ0v) is 16.5. The van der Waals surface area contributed by atoms with Crippen molar-refractivity contribution >= 4 is 20.7 Å². The average Bonchev–Trinajstić information content (AvgIpc) is 3.19. The molecule has 1 atom stereocenters. The number of sulfone groups is 1. The summed E-state index contributed by atoms with van der Waals surface area (Å²) in [5.41, 5.74) is 4.05. The third kappa shape index (κ3) is 4.48. The summed E-state index contributed by atoms with van der Waals surface area (Å²) < 4.78 is 24.4. The highest BCUT2D eigenvalue weighted by atomic mass is 32.2. The van der Waals surface area contributed by atoms with Gasteiger partial charge in [-0.25, -0.2) is 8.42 Å². The highest BCUT2D eigenvalue weighted by molar-refractivity contribution is 7.91. The minimum Gasteiger partial charge on any atom is -0.391 e. The molecule has 0 spiro atoms. The molecule has 1 fully saturated rings. The van der Waals surface area contributed by atoms with Gasteiger partial charge in [-0.3, -0.25) is 0 Å². The summed E-state index contributed by atoms with van der Waals surface area (Å²) >= 11 is 0. The Balaban J connectivity index is 1.72. The fraction of sp³-hybridized carbons (Fsp3) is 0.500. The van der Waals surface area contributed by atoms with Crippen LogP contribution in [0.15, 0.2) is 36.7 Å². The van der Waals surface area contributed by atoms with Gasteiger partial charge in [0.25, 0.3) is 0 Å². The standard InChI is InChI=1S/C20H29N3O2S/c1-15(21-2)14-26(24,25)10-8-16-6-7-20-19(11-16)17(13-22-20)12-18-5-4-9-23(18)3/h6-7,11,13,18,21-22H,1,4-5,8-10,12,14H2,2-3H3/t18-/m1/s1. The van der Waals surface area contributed by atoms with Gasteiger partial charge in [0.1, 0.15) is 0 Å². The first-order valence-corrected chi connectivity index (χ1v) is 11.0. The number of nitrogens with one attached hydrogen (secondary N) is 2. The number of likely N-dealkylation sites (tertiary alicyclic amines) is 1. The molecule has 1 aromatic carbocycles. The lowest BCUT2D eigenvalue weighted by atomic mass is 10.0. The maximum atomic E-state index is 12.2. The number of benzene rings is 1. The van der Waals surface area contributed by atoms with Gasteiger partial charge < -0.3 is 15.2 Å². The van der Waals surface area contributed by atoms with E-state index in [1.54, 1.807) is 7.05 Å². The van der Waals surface area contributed by atoms with Crippen molar-refractivity contribution in [2.45, 2.75) is 31.7 Å². The highest BCUT2D eigenvalue weighted by Crippen LogP contribution is 2.25. The van der Waals surface area contributed by atoms with Crippen molar-refractivity contribution in [3.63, 3.8) is 0 Å². The van der Waals surface area contributed by atoms with E-state index in [0.717, 1.165) is 17.5 Å². The minimum absolute atomic E-state index is 0.00480. The smallest absolute Gasteiger partial charge is 0.156 e. The van der Waals surface area contributed by atoms with Crippen molar-refractivity contribution in [2.75, 3.05) is 32.1 Å². The van der Waals surface area contributed by atoms with Crippen LogP contribution in [0, 0.1) is 0 Å². The molecule has 0 saturated carbocycles. The van der Waals surface area contributed by atoms with Crippen molar-refractivity contribution in [1.82, 2.24) is 15.2 Å². The van der Waals surface area contributed by atoms with E-state index in [-0.39, 0.29) is 11.5 Å². The molecular formula is C20H29N3O2S. The number of hydrogen-bond donors (Lipinski definition) is 2. The molecule has 2 N–H and O–H groups in total. The third-order valence-corrected chi connectivity index (χ3v) is 7.02. The van der Waals surface area contributed by atoms with E-state index in [1.807, 2.05) is 6.07 Å². The summed E-state index contributed by atoms with van der Waals surface area (Å²) in [5.74, 6) is 0.138. The number of aryl methyl sites for hydroxylation is 1. The highest BCUT2D eigenvalue weighted by Gasteiger charge is 2.22. The van der Waals surface area contributed by atoms with Gasteiger partial charge in [0.15, 0.2) is 9.84 Å². The van der Waals surface area contributed by atoms with Crippen LogP contribution in [-0.2, 0) is 22.7 Å². The van der Waals surface area contributed by atoms with Crippen molar-refractivity contribution in [3.05, 3.63) is 47.8 Å². The molecule has 142 valence electrons. The largest absolute Gasteiger partial charge is 0.391 e. The molecule has 0 radical (unpaired) electrons. The SMILES string of the molecule is C=C(CS(=O)(=O)CCc1ccc2[nH]cc(C[C@H]3CCCN3C)c2c1)NC. The number of aromatic nitrogens is 1. The Morgan fingerprint density at radius 1 is 1.42 bits per heavy atom. The van der Waals surface area contributed by atoms with Gasteiger partial charge in [-0.05, 0) is 62.5 Å². The molecule has 0 amide bonds. The van der Waals surface area contributed by atoms with E-state index >= 15 is 0 Å². The Labute approximate surface area is 156 Å². The van der Waals surface area contributed by atoms with Crippen LogP contribution >= 0.6 is 0 Å². The molecule has 0 aliphatic carbocycles. The van der Waals surface area contributed by atoms with Crippen LogP contribution in [0.5, 0.6) is 0 Å². The number of likely N-dealkylation sites (N-methyl/N-ethyl adjacent to an activating group) is 1. The van der Waals surface area contributed by atoms with Crippen LogP contribution in [0.4, 0.5) is 0 Å². The first kappa shape index (κ1) is 19.0. The molecule has 1 aliphatic heterocycles. The number of rotatable bonds is 8. The second-order valence-electron chi connectivity index (χ2n) is 7.37. The quantitative estimate of drug-likeness (QED) is 0.744. The number of hydrogen-bond acceptors (Lipinski definition) is 4. The van der Waals surface area contributed by atoms with Crippen LogP contribution in [0.3, 0.4) is 0 Å². The molecular weight excluding hydrogens is 346 g/mol. The predicted octanol–water partition coefficient (Wildman–Crippen LogP) is 2.50. The van der Waals surface area contributed by atoms with E-state index in [9.17, 15) is 8.42 Å². The monoisotopic (exact) mass is 375 g/mol. The maximum Gasteiger partial charge on any atom is 0.156 e. The van der Waals surface area contributed by atoms with Crippen LogP contribution in [-0.4, -0.2) is 56.5 Å². The Morgan fingerprint density at radius 3 is 2.92 bits per heavy atom. The molecule has 2 heterocycles. The van der Waals surface area contributed by atoms with Crippen LogP contribution < -0.4 is 5.32 Å². The summed E-state index contributed by atoms with van der Waals surface area (Å²) in [6.07, 6.45) is 6.19. The van der Waals surface area contributed by atoms with Crippen molar-refractivity contribution in [1.29, 1.82) is 0 Å². The summed E-state index contributed by atoms with van der Waals surface area (Å²) in [4.78, 5) is 5.79. The molecule has 0 unspecified atom stereocenters. The summed E-state index contributed by atoms with van der Waals surface area (Å²) in [6, 6.07) is 6.84. The zero-order chi connectivity index (χ0) is 18.7. The zero-order valence-electron chi connectivity index (χ0n) is 15.7. The normalized spacial score (nSPS) is 18.5. The lowest BCUT2D eigenvalue weighted by Crippen LogP contribution is -2.26. The maximum absolute atomic E-state index is 12.2. The molecule has 3 rings (SSSR count). The number of aromatic amines is 1. The van der Waals surface area contributed by atoms with Gasteiger partial charge >= 0.3 is 0 Å². The predicted molar refractivity (Wildman–Crippen MR) is 108 cm³/mol. The summed E-state index contributed by atoms with van der Waals surface area (Å²) in [6.45, 7) is 4.89.